The second-order valence-electron chi connectivity index (χ2n) is 4.05. The lowest BCUT2D eigenvalue weighted by atomic mass is 10.1. The van der Waals surface area contributed by atoms with Crippen molar-refractivity contribution >= 4 is 5.97 Å². The number of methoxy groups -OCH3 is 1. The molecule has 0 aliphatic rings. The third-order valence-corrected chi connectivity index (χ3v) is 2.69. The summed E-state index contributed by atoms with van der Waals surface area (Å²) in [5, 5.41) is 0. The van der Waals surface area contributed by atoms with Crippen molar-refractivity contribution in [2.45, 2.75) is 13.0 Å². The largest absolute Gasteiger partial charge is 0.479 e. The average Bonchev–Trinajstić information content (AvgIpc) is 2.47. The number of carbonyl (C=O) groups excluding carboxylic acids is 1. The van der Waals surface area contributed by atoms with Crippen molar-refractivity contribution in [3.8, 4) is 16.9 Å². The molecular weight excluding hydrogens is 242 g/mol. The van der Waals surface area contributed by atoms with Gasteiger partial charge in [0.15, 0.2) is 6.10 Å². The van der Waals surface area contributed by atoms with Gasteiger partial charge in [0, 0.05) is 12.4 Å². The van der Waals surface area contributed by atoms with Gasteiger partial charge in [0.25, 0.3) is 0 Å². The molecule has 0 amide bonds. The molecule has 0 aliphatic heterocycles. The van der Waals surface area contributed by atoms with Gasteiger partial charge in [-0.15, -0.1) is 0 Å². The summed E-state index contributed by atoms with van der Waals surface area (Å²) < 4.78 is 10.2. The fourth-order valence-electron chi connectivity index (χ4n) is 1.71. The molecule has 1 heterocycles. The molecule has 4 heteroatoms. The first kappa shape index (κ1) is 13.1. The molecule has 1 unspecified atom stereocenters. The number of esters is 1. The minimum absolute atomic E-state index is 0.394. The van der Waals surface area contributed by atoms with Crippen molar-refractivity contribution in [3.63, 3.8) is 0 Å². The first-order chi connectivity index (χ1) is 9.20. The normalized spacial score (nSPS) is 11.7. The predicted octanol–water partition coefficient (Wildman–Crippen LogP) is 2.69. The highest BCUT2D eigenvalue weighted by atomic mass is 16.6. The van der Waals surface area contributed by atoms with Gasteiger partial charge < -0.3 is 9.47 Å². The maximum absolute atomic E-state index is 11.3. The van der Waals surface area contributed by atoms with Crippen LogP contribution >= 0.6 is 0 Å². The monoisotopic (exact) mass is 257 g/mol. The number of benzene rings is 1. The lowest BCUT2D eigenvalue weighted by molar-refractivity contribution is -0.147. The van der Waals surface area contributed by atoms with E-state index in [-0.39, 0.29) is 0 Å². The summed E-state index contributed by atoms with van der Waals surface area (Å²) in [6.45, 7) is 1.66. The molecule has 1 aromatic heterocycles. The smallest absolute Gasteiger partial charge is 0.346 e. The first-order valence-electron chi connectivity index (χ1n) is 5.95. The van der Waals surface area contributed by atoms with E-state index < -0.39 is 12.1 Å². The summed E-state index contributed by atoms with van der Waals surface area (Å²) in [6.07, 6.45) is 2.84. The Balaban J connectivity index is 2.18. The molecule has 1 aromatic carbocycles. The lowest BCUT2D eigenvalue weighted by Gasteiger charge is -2.13. The molecule has 0 spiro atoms. The van der Waals surface area contributed by atoms with Gasteiger partial charge in [0.2, 0.25) is 0 Å². The number of carbonyl (C=O) groups is 1. The molecule has 19 heavy (non-hydrogen) atoms. The molecule has 98 valence electrons. The van der Waals surface area contributed by atoms with Crippen LogP contribution in [0.2, 0.25) is 0 Å². The zero-order valence-corrected chi connectivity index (χ0v) is 10.9. The zero-order valence-electron chi connectivity index (χ0n) is 10.9. The van der Waals surface area contributed by atoms with E-state index in [9.17, 15) is 4.79 Å². The number of hydrogen-bond acceptors (Lipinski definition) is 4. The van der Waals surface area contributed by atoms with Crippen LogP contribution in [0.4, 0.5) is 0 Å². The van der Waals surface area contributed by atoms with Gasteiger partial charge in [-0.05, 0) is 42.3 Å². The summed E-state index contributed by atoms with van der Waals surface area (Å²) in [5.74, 6) is 0.238. The van der Waals surface area contributed by atoms with Crippen LogP contribution < -0.4 is 4.74 Å². The third kappa shape index (κ3) is 3.31. The number of nitrogens with zero attached hydrogens (tertiary/aromatic N) is 1. The zero-order chi connectivity index (χ0) is 13.7. The van der Waals surface area contributed by atoms with E-state index in [1.165, 1.54) is 7.11 Å². The Morgan fingerprint density at radius 3 is 2.58 bits per heavy atom. The molecule has 0 fully saturated rings. The number of rotatable bonds is 4. The van der Waals surface area contributed by atoms with E-state index in [1.54, 1.807) is 19.3 Å². The van der Waals surface area contributed by atoms with Crippen LogP contribution in [0.5, 0.6) is 5.75 Å². The van der Waals surface area contributed by atoms with E-state index >= 15 is 0 Å². The van der Waals surface area contributed by atoms with Crippen LogP contribution in [-0.4, -0.2) is 24.2 Å². The Morgan fingerprint density at radius 1 is 1.16 bits per heavy atom. The summed E-state index contributed by atoms with van der Waals surface area (Å²) in [5.41, 5.74) is 2.06. The van der Waals surface area contributed by atoms with Gasteiger partial charge in [-0.1, -0.05) is 12.1 Å². The van der Waals surface area contributed by atoms with Crippen LogP contribution in [0.1, 0.15) is 6.92 Å². The van der Waals surface area contributed by atoms with Gasteiger partial charge in [-0.25, -0.2) is 4.79 Å². The highest BCUT2D eigenvalue weighted by molar-refractivity contribution is 5.74. The van der Waals surface area contributed by atoms with Crippen molar-refractivity contribution in [1.82, 2.24) is 4.98 Å². The van der Waals surface area contributed by atoms with E-state index in [1.807, 2.05) is 36.4 Å². The molecule has 0 saturated heterocycles. The summed E-state index contributed by atoms with van der Waals surface area (Å²) in [7, 11) is 1.34. The van der Waals surface area contributed by atoms with Crippen molar-refractivity contribution in [2.24, 2.45) is 0 Å². The van der Waals surface area contributed by atoms with Gasteiger partial charge in [-0.3, -0.25) is 4.98 Å². The Labute approximate surface area is 112 Å². The second kappa shape index (κ2) is 6.00. The Morgan fingerprint density at radius 2 is 1.89 bits per heavy atom. The van der Waals surface area contributed by atoms with Crippen molar-refractivity contribution in [2.75, 3.05) is 7.11 Å². The van der Waals surface area contributed by atoms with Crippen LogP contribution in [0.25, 0.3) is 11.1 Å². The summed E-state index contributed by atoms with van der Waals surface area (Å²) in [6, 6.07) is 11.4. The maximum Gasteiger partial charge on any atom is 0.346 e. The number of ether oxygens (including phenoxy) is 2. The highest BCUT2D eigenvalue weighted by Gasteiger charge is 2.14. The summed E-state index contributed by atoms with van der Waals surface area (Å²) >= 11 is 0. The molecule has 2 aromatic rings. The van der Waals surface area contributed by atoms with E-state index in [2.05, 4.69) is 9.72 Å². The molecule has 0 aliphatic carbocycles. The Bertz CT molecular complexity index is 554. The Hall–Kier alpha value is -2.36. The van der Waals surface area contributed by atoms with Gasteiger partial charge in [0.1, 0.15) is 5.75 Å². The molecule has 0 saturated carbocycles. The molecule has 0 radical (unpaired) electrons. The second-order valence-corrected chi connectivity index (χ2v) is 4.05. The third-order valence-electron chi connectivity index (χ3n) is 2.69. The molecule has 1 atom stereocenters. The average molecular weight is 257 g/mol. The van der Waals surface area contributed by atoms with Gasteiger partial charge in [-0.2, -0.15) is 0 Å². The minimum Gasteiger partial charge on any atom is -0.479 e. The number of aromatic nitrogens is 1. The standard InChI is InChI=1S/C15H15NO3/c1-11(15(17)18-2)19-14-5-3-4-13(10-14)12-6-8-16-9-7-12/h3-11H,1-2H3. The van der Waals surface area contributed by atoms with E-state index in [0.717, 1.165) is 11.1 Å². The van der Waals surface area contributed by atoms with Crippen molar-refractivity contribution in [1.29, 1.82) is 0 Å². The number of pyridine rings is 1. The minimum atomic E-state index is -0.627. The quantitative estimate of drug-likeness (QED) is 0.790. The lowest BCUT2D eigenvalue weighted by Crippen LogP contribution is -2.24. The fourth-order valence-corrected chi connectivity index (χ4v) is 1.71. The molecule has 0 N–H and O–H groups in total. The fraction of sp³-hybridized carbons (Fsp3) is 0.200. The van der Waals surface area contributed by atoms with E-state index in [4.69, 9.17) is 4.74 Å². The molecule has 0 bridgehead atoms. The van der Waals surface area contributed by atoms with Crippen LogP contribution in [0, 0.1) is 0 Å². The summed E-state index contributed by atoms with van der Waals surface area (Å²) in [4.78, 5) is 15.3. The molecule has 2 rings (SSSR count). The highest BCUT2D eigenvalue weighted by Crippen LogP contribution is 2.23. The SMILES string of the molecule is COC(=O)C(C)Oc1cccc(-c2ccncc2)c1. The molecule has 4 nitrogen and oxygen atoms in total. The molecular formula is C15H15NO3. The van der Waals surface area contributed by atoms with Crippen molar-refractivity contribution in [3.05, 3.63) is 48.8 Å². The number of hydrogen-bond donors (Lipinski definition) is 0. The predicted molar refractivity (Wildman–Crippen MR) is 71.8 cm³/mol. The van der Waals surface area contributed by atoms with Gasteiger partial charge >= 0.3 is 5.97 Å². The first-order valence-corrected chi connectivity index (χ1v) is 5.95. The van der Waals surface area contributed by atoms with Crippen LogP contribution in [0.3, 0.4) is 0 Å². The topological polar surface area (TPSA) is 48.4 Å². The van der Waals surface area contributed by atoms with E-state index in [0.29, 0.717) is 5.75 Å². The van der Waals surface area contributed by atoms with Gasteiger partial charge in [0.05, 0.1) is 7.11 Å². The maximum atomic E-state index is 11.3. The van der Waals surface area contributed by atoms with Crippen LogP contribution in [0.15, 0.2) is 48.8 Å². The van der Waals surface area contributed by atoms with Crippen LogP contribution in [-0.2, 0) is 9.53 Å². The van der Waals surface area contributed by atoms with Crippen molar-refractivity contribution < 1.29 is 14.3 Å². The Kier molecular flexibility index (Phi) is 4.13.